The van der Waals surface area contributed by atoms with Crippen LogP contribution in [0.4, 0.5) is 4.79 Å². The summed E-state index contributed by atoms with van der Waals surface area (Å²) in [4.78, 5) is 13.8. The molecule has 110 valence electrons. The first kappa shape index (κ1) is 14.6. The molecular formula is C15H28N2O2. The minimum atomic E-state index is -0.416. The number of nitrogens with zero attached hydrogens (tertiary/aromatic N) is 1. The molecule has 19 heavy (non-hydrogen) atoms. The van der Waals surface area contributed by atoms with Gasteiger partial charge in [-0.15, -0.1) is 0 Å². The van der Waals surface area contributed by atoms with Gasteiger partial charge in [0.05, 0.1) is 0 Å². The Morgan fingerprint density at radius 3 is 2.32 bits per heavy atom. The van der Waals surface area contributed by atoms with Gasteiger partial charge in [-0.25, -0.2) is 4.79 Å². The smallest absolute Gasteiger partial charge is 0.410 e. The first-order valence-electron chi connectivity index (χ1n) is 7.54. The molecule has 0 bridgehead atoms. The summed E-state index contributed by atoms with van der Waals surface area (Å²) in [6, 6.07) is 0. The highest BCUT2D eigenvalue weighted by molar-refractivity contribution is 5.68. The molecule has 2 N–H and O–H groups in total. The van der Waals surface area contributed by atoms with E-state index in [4.69, 9.17) is 10.5 Å². The number of piperidine rings is 1. The average molecular weight is 268 g/mol. The maximum Gasteiger partial charge on any atom is 0.410 e. The molecule has 0 aromatic heterocycles. The highest BCUT2D eigenvalue weighted by Crippen LogP contribution is 2.36. The number of ether oxygens (including phenoxy) is 1. The Labute approximate surface area is 116 Å². The second kappa shape index (κ2) is 5.31. The lowest BCUT2D eigenvalue weighted by atomic mass is 9.73. The van der Waals surface area contributed by atoms with E-state index in [0.717, 1.165) is 38.3 Å². The minimum absolute atomic E-state index is 0.0520. The highest BCUT2D eigenvalue weighted by atomic mass is 16.6. The summed E-state index contributed by atoms with van der Waals surface area (Å²) in [5.41, 5.74) is 6.01. The molecule has 1 saturated carbocycles. The average Bonchev–Trinajstić information content (AvgIpc) is 2.22. The summed E-state index contributed by atoms with van der Waals surface area (Å²) in [5, 5.41) is 0. The van der Waals surface area contributed by atoms with Crippen molar-refractivity contribution >= 4 is 6.09 Å². The third-order valence-electron chi connectivity index (χ3n) is 4.33. The van der Waals surface area contributed by atoms with E-state index in [9.17, 15) is 4.79 Å². The second-order valence-electron chi connectivity index (χ2n) is 7.33. The molecule has 2 aliphatic rings. The number of carbonyl (C=O) groups is 1. The normalized spacial score (nSPS) is 23.9. The molecule has 0 atom stereocenters. The summed E-state index contributed by atoms with van der Waals surface area (Å²) in [7, 11) is 0. The number of rotatable bonds is 2. The topological polar surface area (TPSA) is 55.6 Å². The van der Waals surface area contributed by atoms with Crippen LogP contribution in [0.1, 0.15) is 59.3 Å². The van der Waals surface area contributed by atoms with E-state index in [1.807, 2.05) is 20.8 Å². The molecule has 0 aromatic carbocycles. The molecular weight excluding hydrogens is 240 g/mol. The van der Waals surface area contributed by atoms with Crippen molar-refractivity contribution in [2.24, 2.45) is 11.7 Å². The van der Waals surface area contributed by atoms with Crippen LogP contribution in [0.25, 0.3) is 0 Å². The molecule has 1 aliphatic heterocycles. The van der Waals surface area contributed by atoms with Gasteiger partial charge >= 0.3 is 6.09 Å². The van der Waals surface area contributed by atoms with Gasteiger partial charge in [0.1, 0.15) is 5.60 Å². The summed E-state index contributed by atoms with van der Waals surface area (Å²) in [6.45, 7) is 7.17. The molecule has 1 saturated heterocycles. The first-order chi connectivity index (χ1) is 8.77. The van der Waals surface area contributed by atoms with Gasteiger partial charge in [-0.05, 0) is 46.0 Å². The molecule has 0 radical (unpaired) electrons. The van der Waals surface area contributed by atoms with Gasteiger partial charge in [-0.2, -0.15) is 0 Å². The molecule has 4 heteroatoms. The molecule has 2 rings (SSSR count). The van der Waals surface area contributed by atoms with Gasteiger partial charge in [0.2, 0.25) is 0 Å². The number of likely N-dealkylation sites (tertiary alicyclic amines) is 1. The van der Waals surface area contributed by atoms with E-state index >= 15 is 0 Å². The van der Waals surface area contributed by atoms with Crippen LogP contribution in [0.3, 0.4) is 0 Å². The SMILES string of the molecule is CC(C)(C)OC(=O)N1CCC(N)(CC2CCC2)CC1. The van der Waals surface area contributed by atoms with Crippen LogP contribution in [0, 0.1) is 5.92 Å². The van der Waals surface area contributed by atoms with Crippen molar-refractivity contribution in [2.45, 2.75) is 70.4 Å². The van der Waals surface area contributed by atoms with E-state index in [1.54, 1.807) is 4.90 Å². The van der Waals surface area contributed by atoms with Gasteiger partial charge in [-0.3, -0.25) is 0 Å². The Morgan fingerprint density at radius 1 is 1.32 bits per heavy atom. The first-order valence-corrected chi connectivity index (χ1v) is 7.54. The molecule has 0 aromatic rings. The molecule has 0 spiro atoms. The van der Waals surface area contributed by atoms with Crippen LogP contribution in [0.15, 0.2) is 0 Å². The third kappa shape index (κ3) is 4.10. The Bertz CT molecular complexity index is 324. The minimum Gasteiger partial charge on any atom is -0.444 e. The van der Waals surface area contributed by atoms with Crippen molar-refractivity contribution < 1.29 is 9.53 Å². The molecule has 1 amide bonds. The fourth-order valence-corrected chi connectivity index (χ4v) is 2.94. The van der Waals surface area contributed by atoms with Crippen LogP contribution >= 0.6 is 0 Å². The lowest BCUT2D eigenvalue weighted by molar-refractivity contribution is 0.0148. The van der Waals surface area contributed by atoms with Crippen molar-refractivity contribution in [3.63, 3.8) is 0 Å². The van der Waals surface area contributed by atoms with Crippen molar-refractivity contribution in [3.8, 4) is 0 Å². The predicted octanol–water partition coefficient (Wildman–Crippen LogP) is 2.91. The maximum absolute atomic E-state index is 12.0. The Kier molecular flexibility index (Phi) is 4.09. The molecule has 1 aliphatic carbocycles. The third-order valence-corrected chi connectivity index (χ3v) is 4.33. The van der Waals surface area contributed by atoms with Gasteiger partial charge in [0.25, 0.3) is 0 Å². The lowest BCUT2D eigenvalue weighted by Gasteiger charge is -2.42. The number of amides is 1. The van der Waals surface area contributed by atoms with Crippen LogP contribution in [-0.2, 0) is 4.74 Å². The molecule has 1 heterocycles. The van der Waals surface area contributed by atoms with Gasteiger partial charge < -0.3 is 15.4 Å². The number of carbonyl (C=O) groups excluding carboxylic acids is 1. The van der Waals surface area contributed by atoms with Gasteiger partial charge in [0.15, 0.2) is 0 Å². The summed E-state index contributed by atoms with van der Waals surface area (Å²) < 4.78 is 5.40. The standard InChI is InChI=1S/C15H28N2O2/c1-14(2,3)19-13(18)17-9-7-15(16,8-10-17)11-12-5-4-6-12/h12H,4-11,16H2,1-3H3. The molecule has 4 nitrogen and oxygen atoms in total. The van der Waals surface area contributed by atoms with Crippen LogP contribution < -0.4 is 5.73 Å². The van der Waals surface area contributed by atoms with Gasteiger partial charge in [0, 0.05) is 18.6 Å². The van der Waals surface area contributed by atoms with Crippen molar-refractivity contribution in [2.75, 3.05) is 13.1 Å². The Hall–Kier alpha value is -0.770. The zero-order chi connectivity index (χ0) is 14.1. The van der Waals surface area contributed by atoms with E-state index < -0.39 is 5.60 Å². The lowest BCUT2D eigenvalue weighted by Crippen LogP contribution is -2.53. The number of hydrogen-bond acceptors (Lipinski definition) is 3. The summed E-state index contributed by atoms with van der Waals surface area (Å²) in [5.74, 6) is 0.832. The van der Waals surface area contributed by atoms with E-state index in [2.05, 4.69) is 0 Å². The number of hydrogen-bond donors (Lipinski definition) is 1. The summed E-state index contributed by atoms with van der Waals surface area (Å²) >= 11 is 0. The maximum atomic E-state index is 12.0. The predicted molar refractivity (Wildman–Crippen MR) is 75.9 cm³/mol. The van der Waals surface area contributed by atoms with Crippen molar-refractivity contribution in [1.29, 1.82) is 0 Å². The molecule has 2 fully saturated rings. The van der Waals surface area contributed by atoms with E-state index in [0.29, 0.717) is 0 Å². The summed E-state index contributed by atoms with van der Waals surface area (Å²) in [6.07, 6.45) is 6.80. The van der Waals surface area contributed by atoms with Crippen molar-refractivity contribution in [3.05, 3.63) is 0 Å². The fraction of sp³-hybridized carbons (Fsp3) is 0.933. The second-order valence-corrected chi connectivity index (χ2v) is 7.33. The fourth-order valence-electron chi connectivity index (χ4n) is 2.94. The van der Waals surface area contributed by atoms with Crippen LogP contribution in [-0.4, -0.2) is 35.2 Å². The Morgan fingerprint density at radius 2 is 1.89 bits per heavy atom. The van der Waals surface area contributed by atoms with Crippen LogP contribution in [0.2, 0.25) is 0 Å². The zero-order valence-corrected chi connectivity index (χ0v) is 12.6. The quantitative estimate of drug-likeness (QED) is 0.837. The van der Waals surface area contributed by atoms with E-state index in [1.165, 1.54) is 19.3 Å². The number of nitrogens with two attached hydrogens (primary N) is 1. The Balaban J connectivity index is 1.79. The zero-order valence-electron chi connectivity index (χ0n) is 12.6. The van der Waals surface area contributed by atoms with Crippen molar-refractivity contribution in [1.82, 2.24) is 4.90 Å². The monoisotopic (exact) mass is 268 g/mol. The highest BCUT2D eigenvalue weighted by Gasteiger charge is 2.36. The van der Waals surface area contributed by atoms with Gasteiger partial charge in [-0.1, -0.05) is 19.3 Å². The van der Waals surface area contributed by atoms with E-state index in [-0.39, 0.29) is 11.6 Å². The van der Waals surface area contributed by atoms with Crippen LogP contribution in [0.5, 0.6) is 0 Å². The molecule has 0 unspecified atom stereocenters. The largest absolute Gasteiger partial charge is 0.444 e.